The van der Waals surface area contributed by atoms with Crippen molar-refractivity contribution in [2.75, 3.05) is 6.26 Å². The van der Waals surface area contributed by atoms with Gasteiger partial charge in [0.1, 0.15) is 0 Å². The van der Waals surface area contributed by atoms with Crippen LogP contribution < -0.4 is 0 Å². The lowest BCUT2D eigenvalue weighted by Gasteiger charge is -2.10. The van der Waals surface area contributed by atoms with Gasteiger partial charge in [-0.05, 0) is 34.1 Å². The van der Waals surface area contributed by atoms with Crippen LogP contribution in [0.5, 0.6) is 0 Å². The molecular weight excluding hydrogens is 295 g/mol. The van der Waals surface area contributed by atoms with Gasteiger partial charge in [0.25, 0.3) is 0 Å². The molecule has 1 N–H and O–H groups in total. The van der Waals surface area contributed by atoms with Crippen LogP contribution in [0, 0.1) is 4.78 Å². The van der Waals surface area contributed by atoms with Gasteiger partial charge in [0, 0.05) is 10.7 Å². The van der Waals surface area contributed by atoms with Crippen molar-refractivity contribution in [3.05, 3.63) is 28.2 Å². The molecule has 0 radical (unpaired) electrons. The maximum Gasteiger partial charge on any atom is 0.416 e. The number of nitrogens with one attached hydrogen (secondary N) is 1. The van der Waals surface area contributed by atoms with Gasteiger partial charge in [-0.15, -0.1) is 0 Å². The maximum atomic E-state index is 12.3. The average Bonchev–Trinajstić information content (AvgIpc) is 2.00. The molecule has 0 aliphatic carbocycles. The summed E-state index contributed by atoms with van der Waals surface area (Å²) in [5, 5.41) is 0. The molecule has 1 atom stereocenters. The van der Waals surface area contributed by atoms with Crippen molar-refractivity contribution in [3.8, 4) is 0 Å². The molecule has 0 aliphatic rings. The van der Waals surface area contributed by atoms with Crippen molar-refractivity contribution in [1.82, 2.24) is 0 Å². The fraction of sp³-hybridized carbons (Fsp3) is 0.250. The first-order chi connectivity index (χ1) is 6.62. The van der Waals surface area contributed by atoms with Gasteiger partial charge in [0.2, 0.25) is 0 Å². The number of halogens is 4. The van der Waals surface area contributed by atoms with Crippen LogP contribution in [0.2, 0.25) is 0 Å². The second kappa shape index (κ2) is 3.79. The molecule has 1 unspecified atom stereocenters. The Bertz CT molecular complexity index is 481. The predicted octanol–water partition coefficient (Wildman–Crippen LogP) is 3.50. The SMILES string of the molecule is CS(=N)(=O)c1cc(C(F)(F)F)ccc1Br. The van der Waals surface area contributed by atoms with E-state index in [1.807, 2.05) is 0 Å². The van der Waals surface area contributed by atoms with E-state index in [0.717, 1.165) is 24.5 Å². The number of hydrogen-bond donors (Lipinski definition) is 1. The smallest absolute Gasteiger partial charge is 0.249 e. The third kappa shape index (κ3) is 2.94. The van der Waals surface area contributed by atoms with Crippen molar-refractivity contribution < 1.29 is 17.4 Å². The number of benzene rings is 1. The summed E-state index contributed by atoms with van der Waals surface area (Å²) in [5.74, 6) is 0. The average molecular weight is 302 g/mol. The Morgan fingerprint density at radius 3 is 2.33 bits per heavy atom. The number of hydrogen-bond acceptors (Lipinski definition) is 2. The van der Waals surface area contributed by atoms with Crippen molar-refractivity contribution in [2.24, 2.45) is 0 Å². The van der Waals surface area contributed by atoms with E-state index < -0.39 is 21.5 Å². The number of rotatable bonds is 1. The molecule has 1 rings (SSSR count). The van der Waals surface area contributed by atoms with E-state index in [1.54, 1.807) is 0 Å². The summed E-state index contributed by atoms with van der Waals surface area (Å²) in [6.07, 6.45) is -3.41. The highest BCUT2D eigenvalue weighted by Crippen LogP contribution is 2.33. The van der Waals surface area contributed by atoms with Gasteiger partial charge < -0.3 is 0 Å². The molecule has 2 nitrogen and oxygen atoms in total. The molecule has 0 fully saturated rings. The van der Waals surface area contributed by atoms with Crippen LogP contribution in [-0.4, -0.2) is 10.5 Å². The molecule has 0 saturated carbocycles. The lowest BCUT2D eigenvalue weighted by molar-refractivity contribution is -0.137. The van der Waals surface area contributed by atoms with E-state index in [2.05, 4.69) is 15.9 Å². The van der Waals surface area contributed by atoms with Crippen molar-refractivity contribution >= 4 is 25.7 Å². The quantitative estimate of drug-likeness (QED) is 0.847. The summed E-state index contributed by atoms with van der Waals surface area (Å²) in [6.45, 7) is 0. The lowest BCUT2D eigenvalue weighted by atomic mass is 10.2. The summed E-state index contributed by atoms with van der Waals surface area (Å²) < 4.78 is 55.8. The summed E-state index contributed by atoms with van der Waals surface area (Å²) in [7, 11) is -3.16. The van der Waals surface area contributed by atoms with Crippen LogP contribution >= 0.6 is 15.9 Å². The van der Waals surface area contributed by atoms with Crippen molar-refractivity contribution in [3.63, 3.8) is 0 Å². The standard InChI is InChI=1S/C8H7BrF3NOS/c1-15(13,14)7-4-5(8(10,11)12)2-3-6(7)9/h2-4,13H,1H3. The van der Waals surface area contributed by atoms with Gasteiger partial charge in [-0.1, -0.05) is 0 Å². The fourth-order valence-corrected chi connectivity index (χ4v) is 2.94. The lowest BCUT2D eigenvalue weighted by Crippen LogP contribution is -2.07. The first-order valence-corrected chi connectivity index (χ1v) is 6.49. The van der Waals surface area contributed by atoms with Crippen molar-refractivity contribution in [1.29, 1.82) is 4.78 Å². The van der Waals surface area contributed by atoms with Crippen molar-refractivity contribution in [2.45, 2.75) is 11.1 Å². The molecule has 1 aromatic rings. The molecular formula is C8H7BrF3NOS. The van der Waals surface area contributed by atoms with E-state index in [9.17, 15) is 17.4 Å². The Morgan fingerprint density at radius 1 is 1.40 bits per heavy atom. The second-order valence-corrected chi connectivity index (χ2v) is 5.97. The summed E-state index contributed by atoms with van der Waals surface area (Å²) in [6, 6.07) is 2.76. The van der Waals surface area contributed by atoms with E-state index in [4.69, 9.17) is 4.78 Å². The molecule has 0 amide bonds. The van der Waals surface area contributed by atoms with Gasteiger partial charge in [-0.2, -0.15) is 13.2 Å². The van der Waals surface area contributed by atoms with Crippen LogP contribution in [0.3, 0.4) is 0 Å². The Labute approximate surface area is 93.6 Å². The Kier molecular flexibility index (Phi) is 3.16. The normalized spacial score (nSPS) is 16.1. The molecule has 0 saturated heterocycles. The zero-order valence-electron chi connectivity index (χ0n) is 7.56. The molecule has 0 aromatic heterocycles. The number of alkyl halides is 3. The summed E-state index contributed by atoms with van der Waals surface area (Å²) in [4.78, 5) is -0.141. The van der Waals surface area contributed by atoms with E-state index in [-0.39, 0.29) is 9.37 Å². The van der Waals surface area contributed by atoms with Crippen LogP contribution in [-0.2, 0) is 15.9 Å². The van der Waals surface area contributed by atoms with Crippen LogP contribution in [0.15, 0.2) is 27.6 Å². The molecule has 84 valence electrons. The second-order valence-electron chi connectivity index (χ2n) is 2.99. The first kappa shape index (κ1) is 12.5. The van der Waals surface area contributed by atoms with Gasteiger partial charge in [-0.25, -0.2) is 8.99 Å². The fourth-order valence-electron chi connectivity index (χ4n) is 0.978. The summed E-state index contributed by atoms with van der Waals surface area (Å²) in [5.41, 5.74) is -0.900. The van der Waals surface area contributed by atoms with Crippen LogP contribution in [0.4, 0.5) is 13.2 Å². The highest BCUT2D eigenvalue weighted by molar-refractivity contribution is 9.10. The largest absolute Gasteiger partial charge is 0.416 e. The summed E-state index contributed by atoms with van der Waals surface area (Å²) >= 11 is 2.97. The monoisotopic (exact) mass is 301 g/mol. The van der Waals surface area contributed by atoms with E-state index >= 15 is 0 Å². The highest BCUT2D eigenvalue weighted by Gasteiger charge is 2.31. The third-order valence-electron chi connectivity index (χ3n) is 1.68. The zero-order chi connectivity index (χ0) is 11.9. The highest BCUT2D eigenvalue weighted by atomic mass is 79.9. The van der Waals surface area contributed by atoms with E-state index in [1.165, 1.54) is 0 Å². The minimum absolute atomic E-state index is 0.141. The predicted molar refractivity (Wildman–Crippen MR) is 54.2 cm³/mol. The molecule has 0 heterocycles. The molecule has 15 heavy (non-hydrogen) atoms. The van der Waals surface area contributed by atoms with Crippen LogP contribution in [0.25, 0.3) is 0 Å². The van der Waals surface area contributed by atoms with Gasteiger partial charge in [-0.3, -0.25) is 0 Å². The van der Waals surface area contributed by atoms with Gasteiger partial charge in [0.05, 0.1) is 20.2 Å². The Balaban J connectivity index is 3.43. The molecule has 0 spiro atoms. The van der Waals surface area contributed by atoms with Crippen LogP contribution in [0.1, 0.15) is 5.56 Å². The van der Waals surface area contributed by atoms with Gasteiger partial charge in [0.15, 0.2) is 0 Å². The minimum atomic E-state index is -4.49. The van der Waals surface area contributed by atoms with Gasteiger partial charge >= 0.3 is 6.18 Å². The molecule has 0 aliphatic heterocycles. The maximum absolute atomic E-state index is 12.3. The first-order valence-electron chi connectivity index (χ1n) is 3.73. The Hall–Kier alpha value is -0.560. The molecule has 7 heteroatoms. The topological polar surface area (TPSA) is 40.9 Å². The minimum Gasteiger partial charge on any atom is -0.249 e. The third-order valence-corrected chi connectivity index (χ3v) is 3.81. The molecule has 0 bridgehead atoms. The molecule has 1 aromatic carbocycles. The Morgan fingerprint density at radius 2 is 1.93 bits per heavy atom. The van der Waals surface area contributed by atoms with E-state index in [0.29, 0.717) is 0 Å². The zero-order valence-corrected chi connectivity index (χ0v) is 9.96.